The van der Waals surface area contributed by atoms with Crippen molar-refractivity contribution in [2.24, 2.45) is 0 Å². The molecule has 2 aromatic carbocycles. The summed E-state index contributed by atoms with van der Waals surface area (Å²) < 4.78 is 32.8. The van der Waals surface area contributed by atoms with Crippen molar-refractivity contribution in [3.63, 3.8) is 0 Å². The van der Waals surface area contributed by atoms with Crippen LogP contribution in [0.1, 0.15) is 36.0 Å². The van der Waals surface area contributed by atoms with Gasteiger partial charge in [-0.05, 0) is 67.8 Å². The molecule has 2 fully saturated rings. The van der Waals surface area contributed by atoms with Gasteiger partial charge in [-0.15, -0.1) is 0 Å². The molecule has 8 nitrogen and oxygen atoms in total. The molecule has 0 bridgehead atoms. The largest absolute Gasteiger partial charge is 0.377 e. The third-order valence-corrected chi connectivity index (χ3v) is 6.90. The highest BCUT2D eigenvalue weighted by atomic mass is 32.2. The quantitative estimate of drug-likeness (QED) is 0.684. The smallest absolute Gasteiger partial charge is 0.255 e. The Morgan fingerprint density at radius 3 is 2.42 bits per heavy atom. The minimum absolute atomic E-state index is 0.0881. The SMILES string of the molecule is O=C(Nc1ccc(N2CCCC2=O)cc1)c1ccc(S(=O)(=O)NC[C@H]2CCCO2)cc1. The number of sulfonamides is 1. The molecule has 31 heavy (non-hydrogen) atoms. The molecule has 0 saturated carbocycles. The molecule has 0 unspecified atom stereocenters. The van der Waals surface area contributed by atoms with E-state index in [9.17, 15) is 18.0 Å². The predicted molar refractivity (Wildman–Crippen MR) is 117 cm³/mol. The molecule has 0 aliphatic carbocycles. The van der Waals surface area contributed by atoms with Crippen LogP contribution in [-0.4, -0.2) is 46.0 Å². The lowest BCUT2D eigenvalue weighted by Gasteiger charge is -2.16. The highest BCUT2D eigenvalue weighted by molar-refractivity contribution is 7.89. The van der Waals surface area contributed by atoms with E-state index < -0.39 is 10.0 Å². The monoisotopic (exact) mass is 443 g/mol. The number of hydrogen-bond donors (Lipinski definition) is 2. The zero-order valence-corrected chi connectivity index (χ0v) is 17.9. The standard InChI is InChI=1S/C22H25N3O5S/c26-21-4-1-13-25(21)18-9-7-17(8-10-18)24-22(27)16-5-11-20(12-6-16)31(28,29)23-15-19-3-2-14-30-19/h5-12,19,23H,1-4,13-15H2,(H,24,27)/t19-/m1/s1. The van der Waals surface area contributed by atoms with E-state index in [1.54, 1.807) is 29.2 Å². The summed E-state index contributed by atoms with van der Waals surface area (Å²) in [4.78, 5) is 26.2. The minimum atomic E-state index is -3.66. The molecule has 2 N–H and O–H groups in total. The van der Waals surface area contributed by atoms with Crippen LogP contribution >= 0.6 is 0 Å². The lowest BCUT2D eigenvalue weighted by molar-refractivity contribution is -0.117. The Balaban J connectivity index is 1.36. The van der Waals surface area contributed by atoms with Gasteiger partial charge in [0.15, 0.2) is 0 Å². The van der Waals surface area contributed by atoms with Gasteiger partial charge in [0.05, 0.1) is 11.0 Å². The molecule has 1 atom stereocenters. The van der Waals surface area contributed by atoms with Crippen molar-refractivity contribution in [1.82, 2.24) is 4.72 Å². The van der Waals surface area contributed by atoms with Gasteiger partial charge in [0.2, 0.25) is 15.9 Å². The zero-order chi connectivity index (χ0) is 21.8. The Hall–Kier alpha value is -2.75. The van der Waals surface area contributed by atoms with Crippen molar-refractivity contribution >= 4 is 33.2 Å². The Morgan fingerprint density at radius 2 is 1.81 bits per heavy atom. The molecule has 9 heteroatoms. The number of ether oxygens (including phenoxy) is 1. The molecule has 0 radical (unpaired) electrons. The Labute approximate surface area is 181 Å². The summed E-state index contributed by atoms with van der Waals surface area (Å²) in [7, 11) is -3.66. The molecular formula is C22H25N3O5S. The van der Waals surface area contributed by atoms with Gasteiger partial charge in [-0.1, -0.05) is 0 Å². The van der Waals surface area contributed by atoms with Crippen LogP contribution in [0.5, 0.6) is 0 Å². The molecule has 2 amide bonds. The van der Waals surface area contributed by atoms with Gasteiger partial charge in [-0.2, -0.15) is 0 Å². The van der Waals surface area contributed by atoms with Crippen LogP contribution in [0.4, 0.5) is 11.4 Å². The third kappa shape index (κ3) is 5.12. The number of hydrogen-bond acceptors (Lipinski definition) is 5. The lowest BCUT2D eigenvalue weighted by atomic mass is 10.2. The topological polar surface area (TPSA) is 105 Å². The lowest BCUT2D eigenvalue weighted by Crippen LogP contribution is -2.31. The first kappa shape index (κ1) is 21.5. The van der Waals surface area contributed by atoms with Gasteiger partial charge >= 0.3 is 0 Å². The summed E-state index contributed by atoms with van der Waals surface area (Å²) in [6.07, 6.45) is 3.11. The number of nitrogens with one attached hydrogen (secondary N) is 2. The molecule has 2 aliphatic heterocycles. The average Bonchev–Trinajstić information content (AvgIpc) is 3.45. The van der Waals surface area contributed by atoms with E-state index in [1.807, 2.05) is 0 Å². The number of nitrogens with zero attached hydrogens (tertiary/aromatic N) is 1. The first-order valence-corrected chi connectivity index (χ1v) is 11.8. The molecule has 2 aliphatic rings. The maximum Gasteiger partial charge on any atom is 0.255 e. The van der Waals surface area contributed by atoms with Crippen molar-refractivity contribution in [2.75, 3.05) is 29.9 Å². The van der Waals surface area contributed by atoms with E-state index in [2.05, 4.69) is 10.0 Å². The minimum Gasteiger partial charge on any atom is -0.377 e. The van der Waals surface area contributed by atoms with Crippen LogP contribution < -0.4 is 14.9 Å². The van der Waals surface area contributed by atoms with E-state index in [0.29, 0.717) is 30.8 Å². The third-order valence-electron chi connectivity index (χ3n) is 5.46. The van der Waals surface area contributed by atoms with Crippen LogP contribution in [0.2, 0.25) is 0 Å². The van der Waals surface area contributed by atoms with Gasteiger partial charge in [-0.25, -0.2) is 13.1 Å². The van der Waals surface area contributed by atoms with E-state index in [1.165, 1.54) is 24.3 Å². The summed E-state index contributed by atoms with van der Waals surface area (Å²) in [5.74, 6) is -0.238. The second-order valence-corrected chi connectivity index (χ2v) is 9.43. The predicted octanol–water partition coefficient (Wildman–Crippen LogP) is 2.52. The molecule has 164 valence electrons. The second-order valence-electron chi connectivity index (χ2n) is 7.66. The van der Waals surface area contributed by atoms with Gasteiger partial charge in [0, 0.05) is 43.1 Å². The van der Waals surface area contributed by atoms with Crippen molar-refractivity contribution in [3.05, 3.63) is 54.1 Å². The van der Waals surface area contributed by atoms with E-state index in [-0.39, 0.29) is 29.4 Å². The van der Waals surface area contributed by atoms with Crippen molar-refractivity contribution < 1.29 is 22.7 Å². The molecule has 0 spiro atoms. The van der Waals surface area contributed by atoms with Gasteiger partial charge in [0.1, 0.15) is 0 Å². The fourth-order valence-corrected chi connectivity index (χ4v) is 4.79. The number of carbonyl (C=O) groups is 2. The first-order valence-electron chi connectivity index (χ1n) is 10.4. The van der Waals surface area contributed by atoms with Gasteiger partial charge < -0.3 is 15.0 Å². The van der Waals surface area contributed by atoms with E-state index in [4.69, 9.17) is 4.74 Å². The second kappa shape index (κ2) is 9.17. The molecule has 0 aromatic heterocycles. The molecular weight excluding hydrogens is 418 g/mol. The van der Waals surface area contributed by atoms with Crippen molar-refractivity contribution in [3.8, 4) is 0 Å². The zero-order valence-electron chi connectivity index (χ0n) is 17.0. The van der Waals surface area contributed by atoms with Gasteiger partial charge in [0.25, 0.3) is 5.91 Å². The summed E-state index contributed by atoms with van der Waals surface area (Å²) in [6.45, 7) is 1.61. The van der Waals surface area contributed by atoms with Crippen LogP contribution in [0.25, 0.3) is 0 Å². The van der Waals surface area contributed by atoms with Crippen molar-refractivity contribution in [2.45, 2.75) is 36.7 Å². The number of benzene rings is 2. The summed E-state index contributed by atoms with van der Waals surface area (Å²) in [5.41, 5.74) is 1.75. The van der Waals surface area contributed by atoms with E-state index >= 15 is 0 Å². The Kier molecular flexibility index (Phi) is 6.35. The maximum atomic E-state index is 12.5. The summed E-state index contributed by atoms with van der Waals surface area (Å²) in [5, 5.41) is 2.78. The molecule has 4 rings (SSSR count). The van der Waals surface area contributed by atoms with Crippen LogP contribution in [0, 0.1) is 0 Å². The maximum absolute atomic E-state index is 12.5. The van der Waals surface area contributed by atoms with Crippen LogP contribution in [0.15, 0.2) is 53.4 Å². The Bertz CT molecular complexity index is 1050. The number of anilines is 2. The van der Waals surface area contributed by atoms with Crippen LogP contribution in [-0.2, 0) is 19.6 Å². The molecule has 2 aromatic rings. The molecule has 2 saturated heterocycles. The van der Waals surface area contributed by atoms with Crippen LogP contribution in [0.3, 0.4) is 0 Å². The Morgan fingerprint density at radius 1 is 1.06 bits per heavy atom. The summed E-state index contributed by atoms with van der Waals surface area (Å²) in [6, 6.07) is 12.9. The first-order chi connectivity index (χ1) is 14.9. The number of carbonyl (C=O) groups excluding carboxylic acids is 2. The molecule has 2 heterocycles. The fraction of sp³-hybridized carbons (Fsp3) is 0.364. The summed E-state index contributed by atoms with van der Waals surface area (Å²) >= 11 is 0. The highest BCUT2D eigenvalue weighted by Crippen LogP contribution is 2.23. The number of amides is 2. The van der Waals surface area contributed by atoms with Gasteiger partial charge in [-0.3, -0.25) is 9.59 Å². The van der Waals surface area contributed by atoms with Crippen molar-refractivity contribution in [1.29, 1.82) is 0 Å². The van der Waals surface area contributed by atoms with E-state index in [0.717, 1.165) is 24.9 Å². The normalized spacial score (nSPS) is 19.0. The highest BCUT2D eigenvalue weighted by Gasteiger charge is 2.22. The fourth-order valence-electron chi connectivity index (χ4n) is 3.73. The average molecular weight is 444 g/mol. The number of rotatable bonds is 7.